The summed E-state index contributed by atoms with van der Waals surface area (Å²) in [6.07, 6.45) is 4.67. The molecule has 3 aliphatic carbocycles. The Labute approximate surface area is 226 Å². The van der Waals surface area contributed by atoms with Crippen molar-refractivity contribution in [2.45, 2.75) is 39.0 Å². The number of phenols is 1. The molecule has 4 atom stereocenters. The van der Waals surface area contributed by atoms with Gasteiger partial charge in [0.2, 0.25) is 11.8 Å². The van der Waals surface area contributed by atoms with Crippen molar-refractivity contribution in [3.05, 3.63) is 88.0 Å². The molecule has 2 amide bonds. The number of carbonyl (C=O) groups excluding carboxylic acids is 4. The summed E-state index contributed by atoms with van der Waals surface area (Å²) in [5.74, 6) is -2.98. The van der Waals surface area contributed by atoms with Crippen molar-refractivity contribution < 1.29 is 29.0 Å². The van der Waals surface area contributed by atoms with E-state index < -0.39 is 23.7 Å². The third-order valence-electron chi connectivity index (χ3n) is 8.71. The summed E-state index contributed by atoms with van der Waals surface area (Å²) in [7, 11) is 1.52. The molecule has 0 aromatic heterocycles. The van der Waals surface area contributed by atoms with Gasteiger partial charge >= 0.3 is 0 Å². The summed E-state index contributed by atoms with van der Waals surface area (Å²) >= 11 is 0. The van der Waals surface area contributed by atoms with E-state index in [1.807, 2.05) is 25.1 Å². The first-order valence-corrected chi connectivity index (χ1v) is 13.3. The normalized spacial score (nSPS) is 26.2. The van der Waals surface area contributed by atoms with Gasteiger partial charge in [-0.05, 0) is 74.1 Å². The van der Waals surface area contributed by atoms with Crippen LogP contribution in [0.25, 0.3) is 0 Å². The van der Waals surface area contributed by atoms with Crippen LogP contribution in [-0.2, 0) is 25.6 Å². The predicted molar refractivity (Wildman–Crippen MR) is 144 cm³/mol. The number of ketones is 2. The average Bonchev–Trinajstić information content (AvgIpc) is 3.20. The van der Waals surface area contributed by atoms with Crippen molar-refractivity contribution in [1.82, 2.24) is 0 Å². The Morgan fingerprint density at radius 1 is 1.00 bits per heavy atom. The fourth-order valence-corrected chi connectivity index (χ4v) is 6.74. The number of phenolic OH excluding ortho intramolecular Hbond substituents is 1. The number of rotatable bonds is 4. The average molecular weight is 524 g/mol. The molecule has 39 heavy (non-hydrogen) atoms. The highest BCUT2D eigenvalue weighted by atomic mass is 16.5. The molecule has 2 aromatic rings. The van der Waals surface area contributed by atoms with Gasteiger partial charge in [0.05, 0.1) is 24.6 Å². The molecule has 7 nitrogen and oxygen atoms in total. The van der Waals surface area contributed by atoms with Gasteiger partial charge < -0.3 is 9.84 Å². The summed E-state index contributed by atoms with van der Waals surface area (Å²) in [6, 6.07) is 12.2. The predicted octanol–water partition coefficient (Wildman–Crippen LogP) is 4.60. The first-order valence-electron chi connectivity index (χ1n) is 13.3. The number of aromatic hydroxyl groups is 1. The lowest BCUT2D eigenvalue weighted by molar-refractivity contribution is -0.123. The number of imide groups is 1. The van der Waals surface area contributed by atoms with Gasteiger partial charge in [0.15, 0.2) is 11.6 Å². The Balaban J connectivity index is 1.48. The van der Waals surface area contributed by atoms with Gasteiger partial charge in [-0.3, -0.25) is 24.1 Å². The molecule has 4 aliphatic rings. The molecule has 2 aromatic carbocycles. The quantitative estimate of drug-likeness (QED) is 0.357. The molecule has 7 heteroatoms. The zero-order chi connectivity index (χ0) is 27.6. The van der Waals surface area contributed by atoms with E-state index >= 15 is 0 Å². The third kappa shape index (κ3) is 3.71. The molecule has 0 saturated carbocycles. The minimum absolute atomic E-state index is 0.0322. The number of aryl methyl sites for hydroxylation is 1. The molecule has 0 bridgehead atoms. The summed E-state index contributed by atoms with van der Waals surface area (Å²) in [6.45, 7) is 3.66. The third-order valence-corrected chi connectivity index (χ3v) is 8.71. The number of methoxy groups -OCH3 is 1. The van der Waals surface area contributed by atoms with E-state index in [2.05, 4.69) is 0 Å². The van der Waals surface area contributed by atoms with Gasteiger partial charge in [0.25, 0.3) is 0 Å². The molecule has 1 fully saturated rings. The van der Waals surface area contributed by atoms with Crippen LogP contribution in [0.3, 0.4) is 0 Å². The maximum absolute atomic E-state index is 14.0. The van der Waals surface area contributed by atoms with Crippen molar-refractivity contribution >= 4 is 29.1 Å². The highest BCUT2D eigenvalue weighted by molar-refractivity contribution is 6.25. The molecule has 1 aliphatic heterocycles. The van der Waals surface area contributed by atoms with Gasteiger partial charge in [0.1, 0.15) is 11.5 Å². The lowest BCUT2D eigenvalue weighted by Crippen LogP contribution is -2.39. The smallest absolute Gasteiger partial charge is 0.238 e. The first-order chi connectivity index (χ1) is 18.7. The van der Waals surface area contributed by atoms with Gasteiger partial charge in [-0.2, -0.15) is 0 Å². The zero-order valence-corrected chi connectivity index (χ0v) is 22.1. The monoisotopic (exact) mass is 523 g/mol. The second kappa shape index (κ2) is 9.19. The molecule has 198 valence electrons. The minimum Gasteiger partial charge on any atom is -0.508 e. The van der Waals surface area contributed by atoms with Crippen LogP contribution in [0.1, 0.15) is 43.7 Å². The van der Waals surface area contributed by atoms with Crippen molar-refractivity contribution in [1.29, 1.82) is 0 Å². The Hall–Kier alpha value is -4.26. The SMILES string of the molecule is CCc1ccc(N2C(=O)C3CC=C4C(c5cc(OC)ccc5O)C5=C(CC4C3C2=O)C(=O)C=C(C)C5=O)cc1. The number of nitrogens with zero attached hydrogens (tertiary/aromatic N) is 1. The van der Waals surface area contributed by atoms with Crippen LogP contribution >= 0.6 is 0 Å². The molecular weight excluding hydrogens is 494 g/mol. The number of amides is 2. The number of allylic oxidation sites excluding steroid dienone is 6. The first kappa shape index (κ1) is 25.0. The standard InChI is InChI=1S/C32H29NO6/c1-4-17-5-7-18(8-6-17)33-31(37)21-11-10-20-22(28(21)32(33)38)15-24-26(35)13-16(2)30(36)29(24)27(20)23-14-19(39-3)9-12-25(23)34/h5-10,12-14,21-22,27-28,34H,4,11,15H2,1-3H3. The number of hydrogen-bond acceptors (Lipinski definition) is 6. The molecule has 4 unspecified atom stereocenters. The van der Waals surface area contributed by atoms with Crippen molar-refractivity contribution in [2.24, 2.45) is 17.8 Å². The Morgan fingerprint density at radius 2 is 1.74 bits per heavy atom. The number of benzene rings is 2. The maximum Gasteiger partial charge on any atom is 0.238 e. The summed E-state index contributed by atoms with van der Waals surface area (Å²) in [5.41, 5.74) is 3.91. The molecular formula is C32H29NO6. The maximum atomic E-state index is 14.0. The van der Waals surface area contributed by atoms with E-state index in [0.717, 1.165) is 17.6 Å². The van der Waals surface area contributed by atoms with Crippen molar-refractivity contribution in [3.8, 4) is 11.5 Å². The number of ether oxygens (including phenoxy) is 1. The van der Waals surface area contributed by atoms with Crippen LogP contribution in [0.15, 0.2) is 76.9 Å². The van der Waals surface area contributed by atoms with Crippen LogP contribution in [-0.4, -0.2) is 35.6 Å². The topological polar surface area (TPSA) is 101 Å². The molecule has 1 heterocycles. The Morgan fingerprint density at radius 3 is 2.44 bits per heavy atom. The summed E-state index contributed by atoms with van der Waals surface area (Å²) < 4.78 is 5.41. The number of carbonyl (C=O) groups is 4. The fraction of sp³-hybridized carbons (Fsp3) is 0.312. The second-order valence-corrected chi connectivity index (χ2v) is 10.7. The van der Waals surface area contributed by atoms with Crippen LogP contribution < -0.4 is 9.64 Å². The molecule has 1 N–H and O–H groups in total. The van der Waals surface area contributed by atoms with Crippen LogP contribution in [0.2, 0.25) is 0 Å². The van der Waals surface area contributed by atoms with E-state index in [1.54, 1.807) is 31.2 Å². The molecule has 1 saturated heterocycles. The second-order valence-electron chi connectivity index (χ2n) is 10.7. The largest absolute Gasteiger partial charge is 0.508 e. The van der Waals surface area contributed by atoms with Gasteiger partial charge in [0, 0.05) is 28.2 Å². The van der Waals surface area contributed by atoms with E-state index in [-0.39, 0.29) is 35.6 Å². The number of fused-ring (bicyclic) bond motifs is 3. The number of Topliss-reactive ketones (excluding diaryl/α,β-unsaturated/α-hetero) is 1. The lowest BCUT2D eigenvalue weighted by Gasteiger charge is -2.42. The summed E-state index contributed by atoms with van der Waals surface area (Å²) in [4.78, 5) is 55.6. The van der Waals surface area contributed by atoms with Gasteiger partial charge in [-0.15, -0.1) is 0 Å². The van der Waals surface area contributed by atoms with E-state index in [4.69, 9.17) is 4.74 Å². The Kier molecular flexibility index (Phi) is 5.90. The highest BCUT2D eigenvalue weighted by Crippen LogP contribution is 2.56. The molecule has 0 radical (unpaired) electrons. The highest BCUT2D eigenvalue weighted by Gasteiger charge is 2.56. The fourth-order valence-electron chi connectivity index (χ4n) is 6.74. The molecule has 0 spiro atoms. The summed E-state index contributed by atoms with van der Waals surface area (Å²) in [5, 5.41) is 11.0. The van der Waals surface area contributed by atoms with E-state index in [1.165, 1.54) is 24.2 Å². The number of anilines is 1. The Bertz CT molecular complexity index is 1540. The van der Waals surface area contributed by atoms with Crippen LogP contribution in [0, 0.1) is 17.8 Å². The van der Waals surface area contributed by atoms with Gasteiger partial charge in [-0.25, -0.2) is 0 Å². The minimum atomic E-state index is -0.726. The van der Waals surface area contributed by atoms with Crippen LogP contribution in [0.5, 0.6) is 11.5 Å². The van der Waals surface area contributed by atoms with E-state index in [0.29, 0.717) is 40.1 Å². The van der Waals surface area contributed by atoms with Crippen LogP contribution in [0.4, 0.5) is 5.69 Å². The zero-order valence-electron chi connectivity index (χ0n) is 22.1. The van der Waals surface area contributed by atoms with Gasteiger partial charge in [-0.1, -0.05) is 30.7 Å². The van der Waals surface area contributed by atoms with E-state index in [9.17, 15) is 24.3 Å². The lowest BCUT2D eigenvalue weighted by atomic mass is 9.59. The van der Waals surface area contributed by atoms with Crippen molar-refractivity contribution in [2.75, 3.05) is 12.0 Å². The number of hydrogen-bond donors (Lipinski definition) is 1. The van der Waals surface area contributed by atoms with Crippen molar-refractivity contribution in [3.63, 3.8) is 0 Å². The molecule has 6 rings (SSSR count).